The van der Waals surface area contributed by atoms with E-state index in [1.807, 2.05) is 19.0 Å². The molecule has 1 aliphatic heterocycles. The van der Waals surface area contributed by atoms with Crippen molar-refractivity contribution in [2.45, 2.75) is 32.2 Å². The number of amides is 1. The van der Waals surface area contributed by atoms with E-state index in [4.69, 9.17) is 27.9 Å². The Balaban J connectivity index is 2.06. The van der Waals surface area contributed by atoms with E-state index in [0.29, 0.717) is 46.5 Å². The predicted octanol–water partition coefficient (Wildman–Crippen LogP) is 5.55. The fourth-order valence-electron chi connectivity index (χ4n) is 3.92. The van der Waals surface area contributed by atoms with Gasteiger partial charge in [-0.2, -0.15) is 0 Å². The van der Waals surface area contributed by atoms with Crippen molar-refractivity contribution in [3.63, 3.8) is 0 Å². The topological polar surface area (TPSA) is 70.1 Å². The monoisotopic (exact) mass is 504 g/mol. The fourth-order valence-corrected chi connectivity index (χ4v) is 4.23. The van der Waals surface area contributed by atoms with Gasteiger partial charge >= 0.3 is 0 Å². The van der Waals surface area contributed by atoms with E-state index in [9.17, 15) is 14.7 Å². The van der Waals surface area contributed by atoms with E-state index in [0.717, 1.165) is 19.4 Å². The van der Waals surface area contributed by atoms with Gasteiger partial charge in [0.2, 0.25) is 0 Å². The maximum atomic E-state index is 13.1. The third-order valence-corrected chi connectivity index (χ3v) is 6.42. The van der Waals surface area contributed by atoms with Gasteiger partial charge in [0.15, 0.2) is 0 Å². The van der Waals surface area contributed by atoms with Crippen LogP contribution in [0.2, 0.25) is 10.0 Å². The Labute approximate surface area is 210 Å². The van der Waals surface area contributed by atoms with Crippen molar-refractivity contribution in [2.24, 2.45) is 0 Å². The highest BCUT2D eigenvalue weighted by Crippen LogP contribution is 2.41. The predicted molar refractivity (Wildman–Crippen MR) is 135 cm³/mol. The number of benzene rings is 2. The molecule has 34 heavy (non-hydrogen) atoms. The number of carbonyl (C=O) groups excluding carboxylic acids is 2. The average Bonchev–Trinajstić information content (AvgIpc) is 3.05. The van der Waals surface area contributed by atoms with Crippen molar-refractivity contribution in [1.82, 2.24) is 9.80 Å². The van der Waals surface area contributed by atoms with Gasteiger partial charge in [-0.3, -0.25) is 9.59 Å². The lowest BCUT2D eigenvalue weighted by Gasteiger charge is -2.26. The summed E-state index contributed by atoms with van der Waals surface area (Å²) in [7, 11) is 3.89. The molecule has 2 aromatic carbocycles. The lowest BCUT2D eigenvalue weighted by Crippen LogP contribution is -2.32. The highest BCUT2D eigenvalue weighted by molar-refractivity contribution is 6.46. The van der Waals surface area contributed by atoms with E-state index in [-0.39, 0.29) is 11.3 Å². The van der Waals surface area contributed by atoms with E-state index in [1.54, 1.807) is 42.5 Å². The molecule has 1 amide bonds. The smallest absolute Gasteiger partial charge is 0.295 e. The fraction of sp³-hybridized carbons (Fsp3) is 0.385. The number of likely N-dealkylation sites (tertiary alicyclic amines) is 1. The molecule has 0 radical (unpaired) electrons. The molecule has 3 rings (SSSR count). The molecule has 6 nitrogen and oxygen atoms in total. The van der Waals surface area contributed by atoms with Gasteiger partial charge < -0.3 is 19.6 Å². The second-order valence-electron chi connectivity index (χ2n) is 8.55. The molecule has 2 aromatic rings. The van der Waals surface area contributed by atoms with Crippen LogP contribution in [0.25, 0.3) is 5.76 Å². The summed E-state index contributed by atoms with van der Waals surface area (Å²) in [5.41, 5.74) is 1.04. The Bertz CT molecular complexity index is 1080. The van der Waals surface area contributed by atoms with Crippen LogP contribution in [0, 0.1) is 0 Å². The maximum absolute atomic E-state index is 13.1. The number of aliphatic hydroxyl groups excluding tert-OH is 1. The van der Waals surface area contributed by atoms with Gasteiger partial charge in [-0.25, -0.2) is 0 Å². The highest BCUT2D eigenvalue weighted by Gasteiger charge is 2.46. The van der Waals surface area contributed by atoms with Crippen LogP contribution in [0.15, 0.2) is 48.0 Å². The summed E-state index contributed by atoms with van der Waals surface area (Å²) in [5.74, 6) is -1.03. The van der Waals surface area contributed by atoms with E-state index in [2.05, 4.69) is 6.92 Å². The summed E-state index contributed by atoms with van der Waals surface area (Å²) >= 11 is 12.4. The van der Waals surface area contributed by atoms with Gasteiger partial charge in [0.25, 0.3) is 11.7 Å². The Morgan fingerprint density at radius 3 is 2.53 bits per heavy atom. The first kappa shape index (κ1) is 26.1. The molecule has 1 heterocycles. The highest BCUT2D eigenvalue weighted by atomic mass is 35.5. The Morgan fingerprint density at radius 2 is 1.85 bits per heavy atom. The number of unbranched alkanes of at least 4 members (excludes halogenated alkanes) is 1. The van der Waals surface area contributed by atoms with Gasteiger partial charge in [0.1, 0.15) is 11.5 Å². The van der Waals surface area contributed by atoms with Gasteiger partial charge in [0, 0.05) is 12.1 Å². The minimum atomic E-state index is -0.776. The van der Waals surface area contributed by atoms with Crippen LogP contribution in [0.1, 0.15) is 43.4 Å². The van der Waals surface area contributed by atoms with Gasteiger partial charge in [-0.15, -0.1) is 0 Å². The van der Waals surface area contributed by atoms with Crippen LogP contribution in [0.3, 0.4) is 0 Å². The zero-order valence-corrected chi connectivity index (χ0v) is 21.2. The Kier molecular flexibility index (Phi) is 9.00. The molecule has 1 fully saturated rings. The zero-order chi connectivity index (χ0) is 24.8. The molecule has 0 aliphatic carbocycles. The molecule has 1 N–H and O–H groups in total. The van der Waals surface area contributed by atoms with Crippen LogP contribution >= 0.6 is 23.2 Å². The summed E-state index contributed by atoms with van der Waals surface area (Å²) in [6.07, 6.45) is 2.57. The first-order valence-corrected chi connectivity index (χ1v) is 12.1. The maximum Gasteiger partial charge on any atom is 0.295 e. The normalized spacial score (nSPS) is 17.6. The van der Waals surface area contributed by atoms with Crippen molar-refractivity contribution in [1.29, 1.82) is 0 Å². The number of carbonyl (C=O) groups is 2. The van der Waals surface area contributed by atoms with Crippen LogP contribution in [-0.2, 0) is 9.59 Å². The number of halogens is 2. The molecule has 0 spiro atoms. The first-order chi connectivity index (χ1) is 16.2. The van der Waals surface area contributed by atoms with Crippen LogP contribution < -0.4 is 4.74 Å². The summed E-state index contributed by atoms with van der Waals surface area (Å²) in [4.78, 5) is 29.7. The van der Waals surface area contributed by atoms with Crippen LogP contribution in [0.4, 0.5) is 0 Å². The number of hydrogen-bond donors (Lipinski definition) is 1. The second-order valence-corrected chi connectivity index (χ2v) is 9.37. The van der Waals surface area contributed by atoms with Gasteiger partial charge in [-0.1, -0.05) is 54.7 Å². The summed E-state index contributed by atoms with van der Waals surface area (Å²) in [6, 6.07) is 11.1. The first-order valence-electron chi connectivity index (χ1n) is 11.4. The van der Waals surface area contributed by atoms with Crippen molar-refractivity contribution in [2.75, 3.05) is 33.8 Å². The van der Waals surface area contributed by atoms with Crippen LogP contribution in [0.5, 0.6) is 5.75 Å². The van der Waals surface area contributed by atoms with Crippen molar-refractivity contribution in [3.8, 4) is 5.75 Å². The van der Waals surface area contributed by atoms with Crippen molar-refractivity contribution in [3.05, 3.63) is 69.2 Å². The number of ketones is 1. The minimum absolute atomic E-state index is 0.0268. The number of hydrogen-bond acceptors (Lipinski definition) is 5. The molecule has 1 saturated heterocycles. The molecule has 0 saturated carbocycles. The second kappa shape index (κ2) is 11.7. The molecule has 1 atom stereocenters. The molecule has 1 aliphatic rings. The number of rotatable bonds is 10. The quantitative estimate of drug-likeness (QED) is 0.199. The number of Topliss-reactive ketones (excluding diaryl/α,β-unsaturated/α-hetero) is 1. The third kappa shape index (κ3) is 5.93. The standard InChI is InChI=1S/C26H30Cl2N2O4/c1-4-5-14-34-19-9-6-8-18(15-19)24(31)22-23(17-10-11-20(27)21(28)16-17)30(26(33)25(22)32)13-7-12-29(2)3/h6,8-11,15-16,23,31H,4-5,7,12-14H2,1-3H3. The van der Waals surface area contributed by atoms with Gasteiger partial charge in [0.05, 0.1) is 28.3 Å². The lowest BCUT2D eigenvalue weighted by atomic mass is 9.95. The summed E-state index contributed by atoms with van der Waals surface area (Å²) in [6.45, 7) is 3.73. The molecule has 182 valence electrons. The summed E-state index contributed by atoms with van der Waals surface area (Å²) < 4.78 is 5.75. The van der Waals surface area contributed by atoms with E-state index < -0.39 is 17.7 Å². The SMILES string of the molecule is CCCCOc1cccc(C(O)=C2C(=O)C(=O)N(CCCN(C)C)C2c2ccc(Cl)c(Cl)c2)c1. The Hall–Kier alpha value is -2.54. The third-order valence-electron chi connectivity index (χ3n) is 5.68. The average molecular weight is 505 g/mol. The van der Waals surface area contributed by atoms with Gasteiger partial charge in [-0.05, 0) is 63.3 Å². The number of ether oxygens (including phenoxy) is 1. The van der Waals surface area contributed by atoms with E-state index in [1.165, 1.54) is 4.90 Å². The molecular formula is C26H30Cl2N2O4. The number of nitrogens with zero attached hydrogens (tertiary/aromatic N) is 2. The minimum Gasteiger partial charge on any atom is -0.507 e. The molecular weight excluding hydrogens is 475 g/mol. The zero-order valence-electron chi connectivity index (χ0n) is 19.7. The lowest BCUT2D eigenvalue weighted by molar-refractivity contribution is -0.139. The molecule has 8 heteroatoms. The molecule has 0 aromatic heterocycles. The molecule has 0 bridgehead atoms. The molecule has 1 unspecified atom stereocenters. The van der Waals surface area contributed by atoms with E-state index >= 15 is 0 Å². The van der Waals surface area contributed by atoms with Crippen molar-refractivity contribution < 1.29 is 19.4 Å². The summed E-state index contributed by atoms with van der Waals surface area (Å²) in [5, 5.41) is 11.9. The largest absolute Gasteiger partial charge is 0.507 e. The number of aliphatic hydroxyl groups is 1. The van der Waals surface area contributed by atoms with Crippen molar-refractivity contribution >= 4 is 40.7 Å². The van der Waals surface area contributed by atoms with Crippen LogP contribution in [-0.4, -0.2) is 60.4 Å². The Morgan fingerprint density at radius 1 is 1.09 bits per heavy atom.